The number of nitriles is 1. The van der Waals surface area contributed by atoms with Gasteiger partial charge in [0.05, 0.1) is 28.6 Å². The van der Waals surface area contributed by atoms with Crippen LogP contribution in [0.25, 0.3) is 11.1 Å². The number of nitrogens with zero attached hydrogens (tertiary/aromatic N) is 2. The van der Waals surface area contributed by atoms with Gasteiger partial charge < -0.3 is 14.6 Å². The first kappa shape index (κ1) is 19.6. The van der Waals surface area contributed by atoms with Crippen LogP contribution in [0.3, 0.4) is 0 Å². The van der Waals surface area contributed by atoms with E-state index in [-0.39, 0.29) is 11.9 Å². The summed E-state index contributed by atoms with van der Waals surface area (Å²) in [6.07, 6.45) is 3.87. The number of hydrogen-bond donors (Lipinski definition) is 2. The van der Waals surface area contributed by atoms with E-state index in [9.17, 15) is 14.9 Å². The molecule has 0 radical (unpaired) electrons. The lowest BCUT2D eigenvalue weighted by Crippen LogP contribution is -2.41. The van der Waals surface area contributed by atoms with Crippen LogP contribution in [0.2, 0.25) is 0 Å². The molecule has 2 aromatic carbocycles. The predicted octanol–water partition coefficient (Wildman–Crippen LogP) is 2.98. The third-order valence-electron chi connectivity index (χ3n) is 6.52. The third kappa shape index (κ3) is 3.75. The molecular weight excluding hydrogens is 392 g/mol. The summed E-state index contributed by atoms with van der Waals surface area (Å²) >= 11 is 0. The SMILES string of the molecule is N#Cc1cccc([C@@H](CN2CCCC2)NC(=O)C2(c3ccc4oc(=O)[nH]c4c3)CC2)c1. The molecule has 7 heteroatoms. The number of H-pyrrole nitrogens is 1. The fourth-order valence-electron chi connectivity index (χ4n) is 4.60. The van der Waals surface area contributed by atoms with Crippen molar-refractivity contribution >= 4 is 17.0 Å². The van der Waals surface area contributed by atoms with E-state index in [4.69, 9.17) is 4.42 Å². The van der Waals surface area contributed by atoms with Crippen LogP contribution in [-0.4, -0.2) is 35.4 Å². The summed E-state index contributed by atoms with van der Waals surface area (Å²) in [5.41, 5.74) is 2.94. The molecule has 0 bridgehead atoms. The summed E-state index contributed by atoms with van der Waals surface area (Å²) in [4.78, 5) is 30.0. The Morgan fingerprint density at radius 3 is 2.77 bits per heavy atom. The molecule has 2 aliphatic rings. The molecule has 1 aliphatic heterocycles. The number of likely N-dealkylation sites (tertiary alicyclic amines) is 1. The van der Waals surface area contributed by atoms with Gasteiger partial charge in [0, 0.05) is 6.54 Å². The van der Waals surface area contributed by atoms with Crippen LogP contribution in [0, 0.1) is 11.3 Å². The monoisotopic (exact) mass is 416 g/mol. The van der Waals surface area contributed by atoms with Crippen LogP contribution in [-0.2, 0) is 10.2 Å². The number of aromatic amines is 1. The van der Waals surface area contributed by atoms with Crippen molar-refractivity contribution in [2.75, 3.05) is 19.6 Å². The Labute approximate surface area is 179 Å². The highest BCUT2D eigenvalue weighted by atomic mass is 16.4. The number of hydrogen-bond acceptors (Lipinski definition) is 5. The molecule has 7 nitrogen and oxygen atoms in total. The second-order valence-corrected chi connectivity index (χ2v) is 8.58. The summed E-state index contributed by atoms with van der Waals surface area (Å²) in [6, 6.07) is 15.0. The fourth-order valence-corrected chi connectivity index (χ4v) is 4.60. The van der Waals surface area contributed by atoms with Gasteiger partial charge in [0.25, 0.3) is 0 Å². The second kappa shape index (κ2) is 7.71. The highest BCUT2D eigenvalue weighted by Gasteiger charge is 2.52. The van der Waals surface area contributed by atoms with E-state index in [0.717, 1.165) is 43.6 Å². The van der Waals surface area contributed by atoms with Gasteiger partial charge >= 0.3 is 5.76 Å². The lowest BCUT2D eigenvalue weighted by molar-refractivity contribution is -0.124. The summed E-state index contributed by atoms with van der Waals surface area (Å²) in [6.45, 7) is 2.78. The average Bonchev–Trinajstić information content (AvgIpc) is 3.27. The summed E-state index contributed by atoms with van der Waals surface area (Å²) in [7, 11) is 0. The molecule has 1 aromatic heterocycles. The maximum atomic E-state index is 13.5. The summed E-state index contributed by atoms with van der Waals surface area (Å²) in [5, 5.41) is 12.6. The lowest BCUT2D eigenvalue weighted by Gasteiger charge is -2.27. The van der Waals surface area contributed by atoms with E-state index in [2.05, 4.69) is 21.3 Å². The number of benzene rings is 2. The van der Waals surface area contributed by atoms with Crippen molar-refractivity contribution in [3.63, 3.8) is 0 Å². The Bertz CT molecular complexity index is 1230. The molecule has 0 unspecified atom stereocenters. The zero-order valence-electron chi connectivity index (χ0n) is 17.2. The molecule has 1 amide bonds. The van der Waals surface area contributed by atoms with Gasteiger partial charge in [0.1, 0.15) is 0 Å². The quantitative estimate of drug-likeness (QED) is 0.643. The maximum Gasteiger partial charge on any atom is 0.417 e. The molecule has 31 heavy (non-hydrogen) atoms. The molecule has 3 aromatic rings. The van der Waals surface area contributed by atoms with Crippen LogP contribution >= 0.6 is 0 Å². The van der Waals surface area contributed by atoms with Crippen molar-refractivity contribution in [1.82, 2.24) is 15.2 Å². The zero-order valence-corrected chi connectivity index (χ0v) is 17.2. The topological polar surface area (TPSA) is 102 Å². The van der Waals surface area contributed by atoms with Crippen molar-refractivity contribution in [1.29, 1.82) is 5.26 Å². The normalized spacial score (nSPS) is 18.5. The second-order valence-electron chi connectivity index (χ2n) is 8.58. The molecule has 2 heterocycles. The van der Waals surface area contributed by atoms with Gasteiger partial charge in [-0.15, -0.1) is 0 Å². The van der Waals surface area contributed by atoms with Gasteiger partial charge in [0.15, 0.2) is 5.58 Å². The molecule has 2 N–H and O–H groups in total. The van der Waals surface area contributed by atoms with Gasteiger partial charge in [-0.1, -0.05) is 18.2 Å². The Hall–Kier alpha value is -3.37. The minimum Gasteiger partial charge on any atom is -0.408 e. The smallest absolute Gasteiger partial charge is 0.408 e. The first-order chi connectivity index (χ1) is 15.1. The summed E-state index contributed by atoms with van der Waals surface area (Å²) in [5.74, 6) is -0.506. The molecule has 5 rings (SSSR count). The largest absolute Gasteiger partial charge is 0.417 e. The predicted molar refractivity (Wildman–Crippen MR) is 115 cm³/mol. The number of amides is 1. The molecular formula is C24H24N4O3. The van der Waals surface area contributed by atoms with E-state index in [1.54, 1.807) is 12.1 Å². The molecule has 1 atom stereocenters. The van der Waals surface area contributed by atoms with Crippen molar-refractivity contribution in [3.05, 3.63) is 69.7 Å². The number of carbonyl (C=O) groups is 1. The number of aromatic nitrogens is 1. The van der Waals surface area contributed by atoms with Gasteiger partial charge in [-0.2, -0.15) is 5.26 Å². The first-order valence-electron chi connectivity index (χ1n) is 10.7. The molecule has 1 saturated heterocycles. The van der Waals surface area contributed by atoms with Crippen LogP contribution in [0.4, 0.5) is 0 Å². The number of carbonyl (C=O) groups excluding carboxylic acids is 1. The van der Waals surface area contributed by atoms with E-state index in [1.165, 1.54) is 12.8 Å². The van der Waals surface area contributed by atoms with Crippen molar-refractivity contribution in [2.45, 2.75) is 37.1 Å². The van der Waals surface area contributed by atoms with Gasteiger partial charge in [-0.3, -0.25) is 9.78 Å². The van der Waals surface area contributed by atoms with Crippen LogP contribution in [0.15, 0.2) is 51.7 Å². The van der Waals surface area contributed by atoms with Crippen molar-refractivity contribution in [2.24, 2.45) is 0 Å². The minimum atomic E-state index is -0.585. The maximum absolute atomic E-state index is 13.5. The molecule has 1 saturated carbocycles. The summed E-state index contributed by atoms with van der Waals surface area (Å²) < 4.78 is 5.09. The third-order valence-corrected chi connectivity index (χ3v) is 6.52. The Balaban J connectivity index is 1.42. The highest BCUT2D eigenvalue weighted by Crippen LogP contribution is 2.49. The van der Waals surface area contributed by atoms with Gasteiger partial charge in [-0.25, -0.2) is 4.79 Å². The fraction of sp³-hybridized carbons (Fsp3) is 0.375. The number of nitrogens with one attached hydrogen (secondary N) is 2. The number of oxazole rings is 1. The van der Waals surface area contributed by atoms with Crippen LogP contribution in [0.1, 0.15) is 48.4 Å². The Morgan fingerprint density at radius 2 is 2.03 bits per heavy atom. The molecule has 1 aliphatic carbocycles. The van der Waals surface area contributed by atoms with Crippen LogP contribution < -0.4 is 11.1 Å². The number of rotatable bonds is 6. The van der Waals surface area contributed by atoms with E-state index in [0.29, 0.717) is 16.7 Å². The first-order valence-corrected chi connectivity index (χ1v) is 10.7. The zero-order chi connectivity index (χ0) is 21.4. The minimum absolute atomic E-state index is 0.00995. The van der Waals surface area contributed by atoms with E-state index in [1.807, 2.05) is 30.3 Å². The van der Waals surface area contributed by atoms with Gasteiger partial charge in [-0.05, 0) is 74.2 Å². The van der Waals surface area contributed by atoms with Gasteiger partial charge in [0.2, 0.25) is 5.91 Å². The average molecular weight is 416 g/mol. The Morgan fingerprint density at radius 1 is 1.23 bits per heavy atom. The highest BCUT2D eigenvalue weighted by molar-refractivity contribution is 5.92. The molecule has 158 valence electrons. The van der Waals surface area contributed by atoms with Crippen molar-refractivity contribution < 1.29 is 9.21 Å². The number of fused-ring (bicyclic) bond motifs is 1. The standard InChI is InChI=1S/C24H24N4O3/c25-14-16-4-3-5-17(12-16)20(15-28-10-1-2-11-28)26-22(29)24(8-9-24)18-6-7-21-19(13-18)27-23(30)31-21/h3-7,12-13,20H,1-2,8-11,15H2,(H,26,29)(H,27,30)/t20-/m1/s1. The van der Waals surface area contributed by atoms with Crippen LogP contribution in [0.5, 0.6) is 0 Å². The molecule has 0 spiro atoms. The van der Waals surface area contributed by atoms with Crippen molar-refractivity contribution in [3.8, 4) is 6.07 Å². The lowest BCUT2D eigenvalue weighted by atomic mass is 9.93. The molecule has 2 fully saturated rings. The van der Waals surface area contributed by atoms with E-state index < -0.39 is 11.2 Å². The van der Waals surface area contributed by atoms with E-state index >= 15 is 0 Å². The Kier molecular flexibility index (Phi) is 4.87.